The summed E-state index contributed by atoms with van der Waals surface area (Å²) < 4.78 is 17.9. The van der Waals surface area contributed by atoms with Gasteiger partial charge in [0.25, 0.3) is 0 Å². The Balaban J connectivity index is 1.69. The third-order valence-corrected chi connectivity index (χ3v) is 8.58. The Morgan fingerprint density at radius 2 is 1.68 bits per heavy atom. The Bertz CT molecular complexity index is 799. The van der Waals surface area contributed by atoms with Crippen molar-refractivity contribution in [2.75, 3.05) is 13.2 Å². The fourth-order valence-electron chi connectivity index (χ4n) is 6.53. The van der Waals surface area contributed by atoms with Crippen LogP contribution in [0.25, 0.3) is 0 Å². The minimum atomic E-state index is -1.34. The van der Waals surface area contributed by atoms with Crippen molar-refractivity contribution in [2.45, 2.75) is 161 Å². The molecule has 2 amide bonds. The minimum absolute atomic E-state index is 0.00464. The number of amides is 2. The Hall–Kier alpha value is -1.30. The second-order valence-corrected chi connectivity index (χ2v) is 13.5. The van der Waals surface area contributed by atoms with E-state index in [0.29, 0.717) is 19.3 Å². The summed E-state index contributed by atoms with van der Waals surface area (Å²) in [6.45, 7) is 14.1. The first kappa shape index (κ1) is 35.9. The smallest absolute Gasteiger partial charge is 0.220 e. The molecule has 0 spiro atoms. The van der Waals surface area contributed by atoms with E-state index in [2.05, 4.69) is 38.3 Å². The van der Waals surface area contributed by atoms with Crippen molar-refractivity contribution in [3.63, 3.8) is 0 Å². The number of aliphatic hydroxyl groups excluding tert-OH is 3. The van der Waals surface area contributed by atoms with Gasteiger partial charge in [-0.05, 0) is 84.5 Å². The van der Waals surface area contributed by atoms with Crippen LogP contribution in [0.3, 0.4) is 0 Å². The van der Waals surface area contributed by atoms with Crippen molar-refractivity contribution >= 4 is 11.8 Å². The molecule has 10 heteroatoms. The number of rotatable bonds is 16. The maximum atomic E-state index is 12.7. The number of hydrogen-bond acceptors (Lipinski definition) is 8. The highest BCUT2D eigenvalue weighted by molar-refractivity contribution is 5.76. The van der Waals surface area contributed by atoms with Gasteiger partial charge in [0, 0.05) is 25.5 Å². The van der Waals surface area contributed by atoms with E-state index in [9.17, 15) is 24.9 Å². The third kappa shape index (κ3) is 12.1. The molecule has 240 valence electrons. The van der Waals surface area contributed by atoms with Crippen LogP contribution < -0.4 is 10.6 Å². The molecule has 0 radical (unpaired) electrons. The summed E-state index contributed by atoms with van der Waals surface area (Å²) in [5.41, 5.74) is -0.736. The quantitative estimate of drug-likeness (QED) is 0.173. The first-order valence-corrected chi connectivity index (χ1v) is 15.7. The van der Waals surface area contributed by atoms with Crippen LogP contribution in [-0.4, -0.2) is 88.2 Å². The zero-order valence-electron chi connectivity index (χ0n) is 26.5. The molecule has 0 bridgehead atoms. The van der Waals surface area contributed by atoms with Gasteiger partial charge in [0.05, 0.1) is 18.3 Å². The summed E-state index contributed by atoms with van der Waals surface area (Å²) in [5, 5.41) is 35.6. The lowest BCUT2D eigenvalue weighted by Gasteiger charge is -2.42. The molecule has 2 aliphatic rings. The fraction of sp³-hybridized carbons (Fsp3) is 0.935. The summed E-state index contributed by atoms with van der Waals surface area (Å²) in [4.78, 5) is 24.2. The molecule has 6 unspecified atom stereocenters. The van der Waals surface area contributed by atoms with Crippen molar-refractivity contribution in [2.24, 2.45) is 11.8 Å². The molecule has 1 aliphatic carbocycles. The highest BCUT2D eigenvalue weighted by Gasteiger charge is 2.45. The Morgan fingerprint density at radius 3 is 2.27 bits per heavy atom. The van der Waals surface area contributed by atoms with Gasteiger partial charge in [-0.2, -0.15) is 0 Å². The van der Waals surface area contributed by atoms with Gasteiger partial charge < -0.3 is 40.2 Å². The maximum absolute atomic E-state index is 12.7. The minimum Gasteiger partial charge on any atom is -0.394 e. The van der Waals surface area contributed by atoms with Gasteiger partial charge in [0.1, 0.15) is 24.4 Å². The van der Waals surface area contributed by atoms with Crippen LogP contribution in [-0.2, 0) is 23.8 Å². The lowest BCUT2D eigenvalue weighted by Crippen LogP contribution is -2.64. The van der Waals surface area contributed by atoms with Gasteiger partial charge >= 0.3 is 0 Å². The van der Waals surface area contributed by atoms with E-state index < -0.39 is 48.7 Å². The molecular formula is C31H58N2O8. The molecule has 10 nitrogen and oxygen atoms in total. The number of hydrogen-bond donors (Lipinski definition) is 5. The zero-order valence-corrected chi connectivity index (χ0v) is 26.5. The molecule has 2 fully saturated rings. The second kappa shape index (κ2) is 16.5. The molecular weight excluding hydrogens is 528 g/mol. The van der Waals surface area contributed by atoms with E-state index in [0.717, 1.165) is 37.5 Å². The SMILES string of the molecule is CCC(C)C1CCC(OC(C)(C)CC(C)(C)NC(=O)CCCCCOC2OC(CO)C(O)C(O)C2NC(C)=O)CC1. The number of carbonyl (C=O) groups excluding carboxylic acids is 2. The van der Waals surface area contributed by atoms with Crippen molar-refractivity contribution in [3.05, 3.63) is 0 Å². The zero-order chi connectivity index (χ0) is 30.8. The van der Waals surface area contributed by atoms with Crippen molar-refractivity contribution in [3.8, 4) is 0 Å². The predicted octanol–water partition coefficient (Wildman–Crippen LogP) is 3.19. The summed E-state index contributed by atoms with van der Waals surface area (Å²) in [7, 11) is 0. The first-order chi connectivity index (χ1) is 19.2. The predicted molar refractivity (Wildman–Crippen MR) is 157 cm³/mol. The molecule has 5 N–H and O–H groups in total. The van der Waals surface area contributed by atoms with E-state index in [1.165, 1.54) is 26.2 Å². The van der Waals surface area contributed by atoms with E-state index >= 15 is 0 Å². The van der Waals surface area contributed by atoms with Gasteiger partial charge in [-0.1, -0.05) is 26.7 Å². The first-order valence-electron chi connectivity index (χ1n) is 15.7. The number of aliphatic hydroxyl groups is 3. The van der Waals surface area contributed by atoms with Crippen LogP contribution in [0.2, 0.25) is 0 Å². The van der Waals surface area contributed by atoms with Gasteiger partial charge in [-0.25, -0.2) is 0 Å². The topological polar surface area (TPSA) is 147 Å². The molecule has 1 saturated carbocycles. The van der Waals surface area contributed by atoms with Crippen LogP contribution in [0.15, 0.2) is 0 Å². The molecule has 1 heterocycles. The van der Waals surface area contributed by atoms with Crippen molar-refractivity contribution in [1.29, 1.82) is 0 Å². The average molecular weight is 587 g/mol. The summed E-state index contributed by atoms with van der Waals surface area (Å²) in [5.74, 6) is 1.20. The second-order valence-electron chi connectivity index (χ2n) is 13.5. The average Bonchev–Trinajstić information content (AvgIpc) is 2.88. The molecule has 0 aromatic rings. The molecule has 6 atom stereocenters. The lowest BCUT2D eigenvalue weighted by atomic mass is 9.78. The molecule has 0 aromatic carbocycles. The normalized spacial score (nSPS) is 30.0. The van der Waals surface area contributed by atoms with Crippen molar-refractivity contribution in [1.82, 2.24) is 10.6 Å². The fourth-order valence-corrected chi connectivity index (χ4v) is 6.53. The van der Waals surface area contributed by atoms with Crippen LogP contribution in [0, 0.1) is 11.8 Å². The Labute approximate surface area is 247 Å². The van der Waals surface area contributed by atoms with Gasteiger partial charge in [-0.3, -0.25) is 9.59 Å². The number of nitrogens with one attached hydrogen (secondary N) is 2. The monoisotopic (exact) mass is 586 g/mol. The van der Waals surface area contributed by atoms with Gasteiger partial charge in [0.15, 0.2) is 6.29 Å². The van der Waals surface area contributed by atoms with E-state index in [1.54, 1.807) is 0 Å². The van der Waals surface area contributed by atoms with E-state index in [1.807, 2.05) is 13.8 Å². The van der Waals surface area contributed by atoms with Crippen LogP contribution in [0.1, 0.15) is 113 Å². The van der Waals surface area contributed by atoms with E-state index in [4.69, 9.17) is 14.2 Å². The highest BCUT2D eigenvalue weighted by atomic mass is 16.7. The Morgan fingerprint density at radius 1 is 1.02 bits per heavy atom. The number of ether oxygens (including phenoxy) is 3. The van der Waals surface area contributed by atoms with Crippen LogP contribution >= 0.6 is 0 Å². The molecule has 1 aliphatic heterocycles. The van der Waals surface area contributed by atoms with E-state index in [-0.39, 0.29) is 24.2 Å². The molecule has 0 aromatic heterocycles. The molecule has 2 rings (SSSR count). The van der Waals surface area contributed by atoms with Crippen molar-refractivity contribution < 1.29 is 39.1 Å². The summed E-state index contributed by atoms with van der Waals surface area (Å²) in [6.07, 6.45) is 4.73. The number of carbonyl (C=O) groups is 2. The summed E-state index contributed by atoms with van der Waals surface area (Å²) >= 11 is 0. The van der Waals surface area contributed by atoms with Gasteiger partial charge in [-0.15, -0.1) is 0 Å². The maximum Gasteiger partial charge on any atom is 0.220 e. The summed E-state index contributed by atoms with van der Waals surface area (Å²) in [6, 6.07) is -0.952. The number of unbranched alkanes of at least 4 members (excludes halogenated alkanes) is 2. The molecule has 1 saturated heterocycles. The van der Waals surface area contributed by atoms with Crippen LogP contribution in [0.5, 0.6) is 0 Å². The van der Waals surface area contributed by atoms with Crippen LogP contribution in [0.4, 0.5) is 0 Å². The molecule has 41 heavy (non-hydrogen) atoms. The lowest BCUT2D eigenvalue weighted by molar-refractivity contribution is -0.270. The van der Waals surface area contributed by atoms with Gasteiger partial charge in [0.2, 0.25) is 11.8 Å². The third-order valence-electron chi connectivity index (χ3n) is 8.58. The highest BCUT2D eigenvalue weighted by Crippen LogP contribution is 2.36. The Kier molecular flexibility index (Phi) is 14.5. The largest absolute Gasteiger partial charge is 0.394 e. The standard InChI is InChI=1S/C31H58N2O8/c1-8-20(2)22-13-15-23(16-14-22)41-31(6,7)19-30(4,5)33-25(36)12-10-9-11-17-39-29-26(32-21(3)35)28(38)27(37)24(18-34)40-29/h20,22-24,26-29,34,37-38H,8-19H2,1-7H3,(H,32,35)(H,33,36).